The number of thiophene rings is 1. The molecule has 2 aromatic heterocycles. The molecule has 0 aliphatic heterocycles. The lowest BCUT2D eigenvalue weighted by atomic mass is 9.91. The van der Waals surface area contributed by atoms with Gasteiger partial charge >= 0.3 is 5.97 Å². The van der Waals surface area contributed by atoms with E-state index in [1.54, 1.807) is 22.7 Å². The van der Waals surface area contributed by atoms with E-state index in [-0.39, 0.29) is 6.04 Å². The van der Waals surface area contributed by atoms with Crippen LogP contribution in [0.25, 0.3) is 0 Å². The molecule has 1 aliphatic carbocycles. The van der Waals surface area contributed by atoms with E-state index in [0.29, 0.717) is 6.42 Å². The molecule has 2 unspecified atom stereocenters. The molecular formula is C14H16N2O2S2. The zero-order chi connectivity index (χ0) is 14.1. The molecule has 0 radical (unpaired) electrons. The van der Waals surface area contributed by atoms with E-state index in [0.717, 1.165) is 28.5 Å². The SMILES string of the molecule is CC(Nc1nc2c(s1)CCCC2C(=O)O)c1cccs1. The van der Waals surface area contributed by atoms with Gasteiger partial charge in [-0.15, -0.1) is 22.7 Å². The molecule has 106 valence electrons. The number of carbonyl (C=O) groups is 1. The van der Waals surface area contributed by atoms with Crippen molar-refractivity contribution in [1.82, 2.24) is 4.98 Å². The maximum absolute atomic E-state index is 11.3. The second-order valence-electron chi connectivity index (χ2n) is 4.99. The molecule has 0 fully saturated rings. The van der Waals surface area contributed by atoms with Gasteiger partial charge in [0.2, 0.25) is 0 Å². The number of hydrogen-bond acceptors (Lipinski definition) is 5. The van der Waals surface area contributed by atoms with Crippen LogP contribution in [0.3, 0.4) is 0 Å². The number of nitrogens with one attached hydrogen (secondary N) is 1. The van der Waals surface area contributed by atoms with Crippen molar-refractivity contribution in [2.75, 3.05) is 5.32 Å². The lowest BCUT2D eigenvalue weighted by molar-refractivity contribution is -0.139. The zero-order valence-corrected chi connectivity index (χ0v) is 12.8. The van der Waals surface area contributed by atoms with E-state index >= 15 is 0 Å². The predicted octanol–water partition coefficient (Wildman–Crippen LogP) is 3.88. The quantitative estimate of drug-likeness (QED) is 0.899. The van der Waals surface area contributed by atoms with Gasteiger partial charge in [0.25, 0.3) is 0 Å². The molecule has 2 aromatic rings. The smallest absolute Gasteiger partial charge is 0.312 e. The van der Waals surface area contributed by atoms with Crippen LogP contribution in [0.1, 0.15) is 47.2 Å². The van der Waals surface area contributed by atoms with Gasteiger partial charge in [-0.25, -0.2) is 4.98 Å². The fourth-order valence-electron chi connectivity index (χ4n) is 2.51. The molecule has 20 heavy (non-hydrogen) atoms. The van der Waals surface area contributed by atoms with Gasteiger partial charge in [-0.2, -0.15) is 0 Å². The number of carboxylic acids is 1. The van der Waals surface area contributed by atoms with E-state index in [4.69, 9.17) is 0 Å². The first-order chi connectivity index (χ1) is 9.65. The first-order valence-electron chi connectivity index (χ1n) is 6.67. The summed E-state index contributed by atoms with van der Waals surface area (Å²) in [6.45, 7) is 2.10. The summed E-state index contributed by atoms with van der Waals surface area (Å²) in [5.74, 6) is -1.18. The average molecular weight is 308 g/mol. The van der Waals surface area contributed by atoms with Gasteiger partial charge in [-0.05, 0) is 37.6 Å². The Labute approximate surface area is 125 Å². The molecule has 0 amide bonds. The van der Waals surface area contributed by atoms with Crippen molar-refractivity contribution in [2.24, 2.45) is 0 Å². The van der Waals surface area contributed by atoms with E-state index in [1.807, 2.05) is 6.07 Å². The van der Waals surface area contributed by atoms with Crippen molar-refractivity contribution in [3.05, 3.63) is 33.0 Å². The van der Waals surface area contributed by atoms with E-state index < -0.39 is 11.9 Å². The minimum absolute atomic E-state index is 0.200. The molecule has 6 heteroatoms. The van der Waals surface area contributed by atoms with Gasteiger partial charge in [0.1, 0.15) is 5.92 Å². The Morgan fingerprint density at radius 2 is 2.45 bits per heavy atom. The molecule has 3 rings (SSSR count). The van der Waals surface area contributed by atoms with Crippen molar-refractivity contribution in [3.8, 4) is 0 Å². The predicted molar refractivity (Wildman–Crippen MR) is 81.8 cm³/mol. The highest BCUT2D eigenvalue weighted by atomic mass is 32.1. The van der Waals surface area contributed by atoms with Gasteiger partial charge in [0.05, 0.1) is 11.7 Å². The number of rotatable bonds is 4. The molecule has 0 saturated heterocycles. The van der Waals surface area contributed by atoms with Crippen LogP contribution in [-0.4, -0.2) is 16.1 Å². The van der Waals surface area contributed by atoms with Crippen LogP contribution in [0.4, 0.5) is 5.13 Å². The number of carboxylic acid groups (broad SMARTS) is 1. The van der Waals surface area contributed by atoms with Crippen LogP contribution in [0.15, 0.2) is 17.5 Å². The molecule has 2 heterocycles. The van der Waals surface area contributed by atoms with Gasteiger partial charge in [0, 0.05) is 9.75 Å². The van der Waals surface area contributed by atoms with E-state index in [1.165, 1.54) is 4.88 Å². The highest BCUT2D eigenvalue weighted by molar-refractivity contribution is 7.15. The molecule has 1 aliphatic rings. The van der Waals surface area contributed by atoms with Crippen LogP contribution in [0.5, 0.6) is 0 Å². The minimum Gasteiger partial charge on any atom is -0.481 e. The Balaban J connectivity index is 1.81. The van der Waals surface area contributed by atoms with Gasteiger partial charge in [-0.3, -0.25) is 4.79 Å². The number of nitrogens with zero attached hydrogens (tertiary/aromatic N) is 1. The molecule has 4 nitrogen and oxygen atoms in total. The average Bonchev–Trinajstić information content (AvgIpc) is 3.06. The van der Waals surface area contributed by atoms with Crippen LogP contribution >= 0.6 is 22.7 Å². The minimum atomic E-state index is -0.755. The van der Waals surface area contributed by atoms with Crippen LogP contribution < -0.4 is 5.32 Å². The van der Waals surface area contributed by atoms with Gasteiger partial charge in [-0.1, -0.05) is 6.07 Å². The summed E-state index contributed by atoms with van der Waals surface area (Å²) < 4.78 is 0. The maximum atomic E-state index is 11.3. The maximum Gasteiger partial charge on any atom is 0.312 e. The second kappa shape index (κ2) is 5.54. The molecule has 0 bridgehead atoms. The molecule has 2 atom stereocenters. The third-order valence-electron chi connectivity index (χ3n) is 3.56. The third kappa shape index (κ3) is 2.58. The van der Waals surface area contributed by atoms with Crippen molar-refractivity contribution < 1.29 is 9.90 Å². The number of thiazole rings is 1. The molecule has 0 saturated carbocycles. The highest BCUT2D eigenvalue weighted by Crippen LogP contribution is 2.37. The summed E-state index contributed by atoms with van der Waals surface area (Å²) >= 11 is 3.31. The molecular weight excluding hydrogens is 292 g/mol. The Morgan fingerprint density at radius 1 is 1.60 bits per heavy atom. The summed E-state index contributed by atoms with van der Waals surface area (Å²) in [6, 6.07) is 4.33. The Hall–Kier alpha value is -1.40. The highest BCUT2D eigenvalue weighted by Gasteiger charge is 2.30. The summed E-state index contributed by atoms with van der Waals surface area (Å²) in [4.78, 5) is 18.2. The fraction of sp³-hybridized carbons (Fsp3) is 0.429. The normalized spacial score (nSPS) is 19.4. The molecule has 0 spiro atoms. The Bertz CT molecular complexity index is 607. The lowest BCUT2D eigenvalue weighted by Crippen LogP contribution is -2.17. The number of hydrogen-bond donors (Lipinski definition) is 2. The summed E-state index contributed by atoms with van der Waals surface area (Å²) in [6.07, 6.45) is 2.59. The monoisotopic (exact) mass is 308 g/mol. The Kier molecular flexibility index (Phi) is 3.76. The fourth-order valence-corrected chi connectivity index (χ4v) is 4.40. The largest absolute Gasteiger partial charge is 0.481 e. The van der Waals surface area contributed by atoms with Crippen molar-refractivity contribution in [1.29, 1.82) is 0 Å². The van der Waals surface area contributed by atoms with Gasteiger partial charge in [0.15, 0.2) is 5.13 Å². The van der Waals surface area contributed by atoms with Gasteiger partial charge < -0.3 is 10.4 Å². The van der Waals surface area contributed by atoms with Crippen molar-refractivity contribution in [2.45, 2.75) is 38.1 Å². The summed E-state index contributed by atoms with van der Waals surface area (Å²) in [5, 5.41) is 15.6. The first-order valence-corrected chi connectivity index (χ1v) is 8.37. The zero-order valence-electron chi connectivity index (χ0n) is 11.1. The Morgan fingerprint density at radius 3 is 3.15 bits per heavy atom. The van der Waals surface area contributed by atoms with Crippen LogP contribution in [0.2, 0.25) is 0 Å². The number of aromatic nitrogens is 1. The van der Waals surface area contributed by atoms with Crippen molar-refractivity contribution >= 4 is 33.8 Å². The van der Waals surface area contributed by atoms with E-state index in [2.05, 4.69) is 28.7 Å². The molecule has 2 N–H and O–H groups in total. The lowest BCUT2D eigenvalue weighted by Gasteiger charge is -2.16. The number of fused-ring (bicyclic) bond motifs is 1. The first kappa shape index (κ1) is 13.6. The summed E-state index contributed by atoms with van der Waals surface area (Å²) in [7, 11) is 0. The van der Waals surface area contributed by atoms with Crippen molar-refractivity contribution in [3.63, 3.8) is 0 Å². The number of aliphatic carboxylic acids is 1. The topological polar surface area (TPSA) is 62.2 Å². The number of aryl methyl sites for hydroxylation is 1. The summed E-state index contributed by atoms with van der Waals surface area (Å²) in [5.41, 5.74) is 0.773. The third-order valence-corrected chi connectivity index (χ3v) is 5.68. The van der Waals surface area contributed by atoms with Crippen LogP contribution in [0, 0.1) is 0 Å². The van der Waals surface area contributed by atoms with Crippen LogP contribution in [-0.2, 0) is 11.2 Å². The molecule has 0 aromatic carbocycles. The number of anilines is 1. The second-order valence-corrected chi connectivity index (χ2v) is 7.05. The standard InChI is InChI=1S/C14H16N2O2S2/c1-8(10-6-3-7-19-10)15-14-16-12-9(13(17)18)4-2-5-11(12)20-14/h3,6-9H,2,4-5H2,1H3,(H,15,16)(H,17,18). The van der Waals surface area contributed by atoms with E-state index in [9.17, 15) is 9.90 Å².